The van der Waals surface area contributed by atoms with Crippen molar-refractivity contribution in [2.75, 3.05) is 0 Å². The quantitative estimate of drug-likeness (QED) is 0.272. The van der Waals surface area contributed by atoms with Gasteiger partial charge in [-0.25, -0.2) is 0 Å². The number of ether oxygens (including phenoxy) is 1. The number of carbonyl (C=O) groups excluding carboxylic acids is 1. The number of esters is 1. The largest absolute Gasteiger partial charge is 0.481 e. The first kappa shape index (κ1) is 28.9. The molecular formula is C35H54O4. The van der Waals surface area contributed by atoms with Crippen molar-refractivity contribution in [3.8, 4) is 0 Å². The molecule has 0 aromatic carbocycles. The topological polar surface area (TPSA) is 63.6 Å². The molecule has 4 nitrogen and oxygen atoms in total. The van der Waals surface area contributed by atoms with Crippen molar-refractivity contribution in [2.45, 2.75) is 125 Å². The summed E-state index contributed by atoms with van der Waals surface area (Å²) in [6.45, 7) is 22.7. The van der Waals surface area contributed by atoms with E-state index in [2.05, 4.69) is 54.7 Å². The SMILES string of the molecule is C=CCCC(=O)O[C@H]1CC[C@]2(C)[C@H]3CC[C@@H]4[C@H]5[C@H](C(=C)C)CC[C@]5(C(=O)O)CC[C@@]4(C)[C@]3(C)CC[C@H]2C1(C)C. The van der Waals surface area contributed by atoms with Crippen molar-refractivity contribution in [3.05, 3.63) is 24.8 Å². The van der Waals surface area contributed by atoms with Crippen LogP contribution < -0.4 is 0 Å². The molecule has 0 aromatic rings. The summed E-state index contributed by atoms with van der Waals surface area (Å²) in [5.74, 6) is 1.50. The normalized spacial score (nSPS) is 48.1. The molecule has 0 spiro atoms. The lowest BCUT2D eigenvalue weighted by Crippen LogP contribution is -2.67. The Labute approximate surface area is 237 Å². The third-order valence-electron chi connectivity index (χ3n) is 14.3. The molecule has 0 bridgehead atoms. The Morgan fingerprint density at radius 3 is 2.26 bits per heavy atom. The summed E-state index contributed by atoms with van der Waals surface area (Å²) < 4.78 is 6.13. The fourth-order valence-electron chi connectivity index (χ4n) is 12.1. The van der Waals surface area contributed by atoms with Crippen LogP contribution in [0.25, 0.3) is 0 Å². The Hall–Kier alpha value is -1.58. The molecule has 39 heavy (non-hydrogen) atoms. The van der Waals surface area contributed by atoms with Crippen LogP contribution in [0.15, 0.2) is 24.8 Å². The number of carboxylic acids is 1. The predicted molar refractivity (Wildman–Crippen MR) is 156 cm³/mol. The molecule has 5 fully saturated rings. The van der Waals surface area contributed by atoms with Crippen LogP contribution in [-0.2, 0) is 14.3 Å². The third kappa shape index (κ3) is 3.88. The van der Waals surface area contributed by atoms with Crippen molar-refractivity contribution >= 4 is 11.9 Å². The molecule has 0 aromatic heterocycles. The van der Waals surface area contributed by atoms with E-state index in [1.54, 1.807) is 6.08 Å². The predicted octanol–water partition coefficient (Wildman–Crippen LogP) is 8.61. The lowest BCUT2D eigenvalue weighted by atomic mass is 9.32. The molecule has 0 unspecified atom stereocenters. The molecule has 218 valence electrons. The molecule has 0 radical (unpaired) electrons. The van der Waals surface area contributed by atoms with Crippen molar-refractivity contribution in [3.63, 3.8) is 0 Å². The minimum Gasteiger partial charge on any atom is -0.481 e. The summed E-state index contributed by atoms with van der Waals surface area (Å²) >= 11 is 0. The van der Waals surface area contributed by atoms with Gasteiger partial charge in [-0.05, 0) is 123 Å². The molecular weight excluding hydrogens is 484 g/mol. The van der Waals surface area contributed by atoms with Gasteiger partial charge in [0.2, 0.25) is 0 Å². The minimum absolute atomic E-state index is 0.0233. The highest BCUT2D eigenvalue weighted by atomic mass is 16.5. The number of allylic oxidation sites excluding steroid dienone is 2. The maximum atomic E-state index is 12.9. The van der Waals surface area contributed by atoms with Gasteiger partial charge in [0.25, 0.3) is 0 Å². The van der Waals surface area contributed by atoms with Gasteiger partial charge in [0, 0.05) is 11.8 Å². The second-order valence-electron chi connectivity index (χ2n) is 15.8. The van der Waals surface area contributed by atoms with Crippen molar-refractivity contribution < 1.29 is 19.4 Å². The van der Waals surface area contributed by atoms with E-state index in [0.29, 0.717) is 36.5 Å². The zero-order valence-corrected chi connectivity index (χ0v) is 25.6. The van der Waals surface area contributed by atoms with Gasteiger partial charge in [-0.1, -0.05) is 52.8 Å². The highest BCUT2D eigenvalue weighted by Crippen LogP contribution is 2.77. The van der Waals surface area contributed by atoms with Gasteiger partial charge in [-0.2, -0.15) is 0 Å². The number of carbonyl (C=O) groups is 2. The van der Waals surface area contributed by atoms with E-state index in [4.69, 9.17) is 4.74 Å². The molecule has 5 saturated carbocycles. The Kier molecular flexibility index (Phi) is 7.03. The van der Waals surface area contributed by atoms with Crippen molar-refractivity contribution in [2.24, 2.45) is 56.7 Å². The Bertz CT molecular complexity index is 1040. The highest BCUT2D eigenvalue weighted by molar-refractivity contribution is 5.76. The Morgan fingerprint density at radius 2 is 1.62 bits per heavy atom. The van der Waals surface area contributed by atoms with E-state index in [9.17, 15) is 14.7 Å². The number of aliphatic carboxylic acids is 1. The molecule has 4 heteroatoms. The average molecular weight is 539 g/mol. The van der Waals surface area contributed by atoms with E-state index in [1.165, 1.54) is 18.4 Å². The smallest absolute Gasteiger partial charge is 0.309 e. The van der Waals surface area contributed by atoms with E-state index in [-0.39, 0.29) is 39.7 Å². The first-order valence-electron chi connectivity index (χ1n) is 15.9. The highest BCUT2D eigenvalue weighted by Gasteiger charge is 2.72. The summed E-state index contributed by atoms with van der Waals surface area (Å²) in [4.78, 5) is 25.5. The minimum atomic E-state index is -0.562. The fourth-order valence-corrected chi connectivity index (χ4v) is 12.1. The van der Waals surface area contributed by atoms with Gasteiger partial charge in [0.15, 0.2) is 0 Å². The molecule has 5 aliphatic carbocycles. The summed E-state index contributed by atoms with van der Waals surface area (Å²) in [6.07, 6.45) is 13.3. The number of hydrogen-bond acceptors (Lipinski definition) is 3. The second kappa shape index (κ2) is 9.48. The van der Waals surface area contributed by atoms with E-state index in [1.807, 2.05) is 0 Å². The molecule has 0 amide bonds. The third-order valence-corrected chi connectivity index (χ3v) is 14.3. The summed E-state index contributed by atoms with van der Waals surface area (Å²) in [6, 6.07) is 0. The van der Waals surface area contributed by atoms with Crippen molar-refractivity contribution in [1.82, 2.24) is 0 Å². The fraction of sp³-hybridized carbons (Fsp3) is 0.829. The zero-order chi connectivity index (χ0) is 28.6. The number of carboxylic acid groups (broad SMARTS) is 1. The molecule has 0 aliphatic heterocycles. The van der Waals surface area contributed by atoms with Gasteiger partial charge in [0.05, 0.1) is 5.41 Å². The molecule has 0 saturated heterocycles. The van der Waals surface area contributed by atoms with Gasteiger partial charge >= 0.3 is 11.9 Å². The molecule has 5 aliphatic rings. The Balaban J connectivity index is 1.46. The van der Waals surface area contributed by atoms with Gasteiger partial charge in [0.1, 0.15) is 6.10 Å². The van der Waals surface area contributed by atoms with Gasteiger partial charge in [-0.3, -0.25) is 9.59 Å². The monoisotopic (exact) mass is 538 g/mol. The second-order valence-corrected chi connectivity index (χ2v) is 15.8. The van der Waals surface area contributed by atoms with Crippen LogP contribution in [0.4, 0.5) is 0 Å². The first-order valence-corrected chi connectivity index (χ1v) is 15.9. The van der Waals surface area contributed by atoms with Crippen LogP contribution >= 0.6 is 0 Å². The van der Waals surface area contributed by atoms with E-state index in [0.717, 1.165) is 51.4 Å². The lowest BCUT2D eigenvalue weighted by Gasteiger charge is -2.72. The average Bonchev–Trinajstić information content (AvgIpc) is 3.26. The standard InChI is InChI=1S/C35H54O4/c1-9-10-11-28(36)39-27-16-17-32(6)25(31(27,4)5)15-18-34(8)26(32)13-12-24-29-23(22(2)3)14-19-35(29,30(37)38)21-20-33(24,34)7/h9,23-27,29H,1-2,10-21H2,3-8H3,(H,37,38)/t23-,24+,25-,26+,27-,29+,32-,33+,34+,35-/m0/s1. The number of rotatable bonds is 6. The van der Waals surface area contributed by atoms with Crippen LogP contribution in [0, 0.1) is 56.7 Å². The summed E-state index contributed by atoms with van der Waals surface area (Å²) in [7, 11) is 0. The van der Waals surface area contributed by atoms with Crippen LogP contribution in [0.1, 0.15) is 119 Å². The summed E-state index contributed by atoms with van der Waals surface area (Å²) in [5, 5.41) is 10.6. The van der Waals surface area contributed by atoms with E-state index >= 15 is 0 Å². The van der Waals surface area contributed by atoms with Gasteiger partial charge < -0.3 is 9.84 Å². The maximum Gasteiger partial charge on any atom is 0.309 e. The molecule has 0 heterocycles. The summed E-state index contributed by atoms with van der Waals surface area (Å²) in [5.41, 5.74) is 1.11. The Morgan fingerprint density at radius 1 is 0.897 bits per heavy atom. The number of fused-ring (bicyclic) bond motifs is 7. The van der Waals surface area contributed by atoms with Crippen LogP contribution in [0.5, 0.6) is 0 Å². The first-order chi connectivity index (χ1) is 18.2. The van der Waals surface area contributed by atoms with Gasteiger partial charge in [-0.15, -0.1) is 6.58 Å². The number of hydrogen-bond donors (Lipinski definition) is 1. The van der Waals surface area contributed by atoms with Crippen molar-refractivity contribution in [1.29, 1.82) is 0 Å². The lowest BCUT2D eigenvalue weighted by molar-refractivity contribution is -0.250. The molecule has 5 rings (SSSR count). The van der Waals surface area contributed by atoms with Crippen LogP contribution in [0.3, 0.4) is 0 Å². The zero-order valence-electron chi connectivity index (χ0n) is 25.6. The van der Waals surface area contributed by atoms with E-state index < -0.39 is 11.4 Å². The molecule has 1 N–H and O–H groups in total. The molecule has 10 atom stereocenters. The van der Waals surface area contributed by atoms with Crippen LogP contribution in [-0.4, -0.2) is 23.1 Å². The maximum absolute atomic E-state index is 12.9. The van der Waals surface area contributed by atoms with Crippen LogP contribution in [0.2, 0.25) is 0 Å².